The van der Waals surface area contributed by atoms with Gasteiger partial charge < -0.3 is 5.32 Å². The van der Waals surface area contributed by atoms with Gasteiger partial charge in [-0.15, -0.1) is 7.05 Å². The molecule has 0 aliphatic carbocycles. The van der Waals surface area contributed by atoms with Crippen molar-refractivity contribution in [3.05, 3.63) is 7.05 Å². The molecule has 0 radical (unpaired) electrons. The Morgan fingerprint density at radius 2 is 2.18 bits per heavy atom. The predicted molar refractivity (Wildman–Crippen MR) is 45.6 cm³/mol. The van der Waals surface area contributed by atoms with Gasteiger partial charge in [-0.05, 0) is 12.8 Å². The lowest BCUT2D eigenvalue weighted by atomic mass is 9.99. The molecule has 1 amide bonds. The van der Waals surface area contributed by atoms with E-state index in [1.54, 1.807) is 0 Å². The van der Waals surface area contributed by atoms with Gasteiger partial charge in [0.25, 0.3) is 5.91 Å². The smallest absolute Gasteiger partial charge is 0.287 e. The molecule has 66 valence electrons. The third-order valence-corrected chi connectivity index (χ3v) is 2.00. The topological polar surface area (TPSA) is 33.7 Å². The molecule has 0 saturated heterocycles. The van der Waals surface area contributed by atoms with Gasteiger partial charge in [0.1, 0.15) is 0 Å². The number of unbranched alkanes of at least 4 members (excludes halogenated alkanes) is 1. The first-order valence-electron chi connectivity index (χ1n) is 4.42. The molecule has 0 fully saturated rings. The quantitative estimate of drug-likeness (QED) is 0.595. The van der Waals surface area contributed by atoms with Gasteiger partial charge >= 0.3 is 0 Å². The Balaban J connectivity index is 3.65. The van der Waals surface area contributed by atoms with Crippen LogP contribution in [0.1, 0.15) is 39.5 Å². The summed E-state index contributed by atoms with van der Waals surface area (Å²) >= 11 is 0. The highest BCUT2D eigenvalue weighted by Gasteiger charge is 2.15. The zero-order valence-electron chi connectivity index (χ0n) is 7.60. The third kappa shape index (κ3) is 4.14. The van der Waals surface area contributed by atoms with Gasteiger partial charge in [-0.2, -0.15) is 0 Å². The number of hydrogen-bond donors (Lipinski definition) is 1. The van der Waals surface area contributed by atoms with E-state index in [1.165, 1.54) is 11.7 Å². The Hall–Kier alpha value is -0.370. The molecule has 2 nitrogen and oxygen atoms in total. The van der Waals surface area contributed by atoms with Gasteiger partial charge in [0.2, 0.25) is 0 Å². The fourth-order valence-corrected chi connectivity index (χ4v) is 1.16. The number of amides is 1. The van der Waals surface area contributed by atoms with Gasteiger partial charge in [-0.3, -0.25) is 0 Å². The van der Waals surface area contributed by atoms with Crippen molar-refractivity contribution in [3.8, 4) is 0 Å². The summed E-state index contributed by atoms with van der Waals surface area (Å²) in [5.74, 6) is 0.438. The van der Waals surface area contributed by atoms with Crippen LogP contribution in [0.5, 0.6) is 0 Å². The van der Waals surface area contributed by atoms with Crippen molar-refractivity contribution in [2.45, 2.75) is 39.5 Å². The second kappa shape index (κ2) is 6.35. The zero-order chi connectivity index (χ0) is 8.69. The van der Waals surface area contributed by atoms with E-state index in [0.29, 0.717) is 0 Å². The summed E-state index contributed by atoms with van der Waals surface area (Å²) in [6.45, 7) is 4.20. The predicted octanol–water partition coefficient (Wildman–Crippen LogP) is 1.08. The Bertz CT molecular complexity index is 112. The molecule has 2 N–H and O–H groups in total. The van der Waals surface area contributed by atoms with Gasteiger partial charge in [-0.25, -0.2) is 4.79 Å². The van der Waals surface area contributed by atoms with Crippen molar-refractivity contribution < 1.29 is 10.1 Å². The summed E-state index contributed by atoms with van der Waals surface area (Å²) in [5.41, 5.74) is 0. The first kappa shape index (κ1) is 10.6. The second-order valence-corrected chi connectivity index (χ2v) is 2.85. The highest BCUT2D eigenvalue weighted by molar-refractivity contribution is 5.68. The molecular weight excluding hydrogens is 138 g/mol. The highest BCUT2D eigenvalue weighted by atomic mass is 16.1. The average Bonchev–Trinajstić information content (AvgIpc) is 2.05. The van der Waals surface area contributed by atoms with Crippen molar-refractivity contribution in [3.63, 3.8) is 0 Å². The summed E-state index contributed by atoms with van der Waals surface area (Å²) in [6, 6.07) is 0. The summed E-state index contributed by atoms with van der Waals surface area (Å²) in [7, 11) is 3.49. The summed E-state index contributed by atoms with van der Waals surface area (Å²) in [5, 5.41) is 1.45. The molecule has 0 aromatic heterocycles. The van der Waals surface area contributed by atoms with Crippen molar-refractivity contribution >= 4 is 5.91 Å². The maximum absolute atomic E-state index is 11.1. The fourth-order valence-electron chi connectivity index (χ4n) is 1.16. The van der Waals surface area contributed by atoms with Crippen LogP contribution in [0.4, 0.5) is 0 Å². The molecule has 1 unspecified atom stereocenters. The van der Waals surface area contributed by atoms with Crippen LogP contribution in [0.25, 0.3) is 0 Å². The van der Waals surface area contributed by atoms with Crippen LogP contribution < -0.4 is 5.32 Å². The van der Waals surface area contributed by atoms with E-state index in [0.717, 1.165) is 19.3 Å². The van der Waals surface area contributed by atoms with Crippen LogP contribution in [0.15, 0.2) is 0 Å². The Morgan fingerprint density at radius 1 is 1.55 bits per heavy atom. The number of carbonyl (C=O) groups is 1. The average molecular weight is 157 g/mol. The van der Waals surface area contributed by atoms with E-state index in [1.807, 2.05) is 0 Å². The summed E-state index contributed by atoms with van der Waals surface area (Å²) in [4.78, 5) is 11.1. The van der Waals surface area contributed by atoms with Gasteiger partial charge in [0.15, 0.2) is 0 Å². The number of primary amides is 1. The molecule has 0 rings (SSSR count). The molecule has 0 spiro atoms. The maximum atomic E-state index is 11.1. The fraction of sp³-hybridized carbons (Fsp3) is 0.778. The van der Waals surface area contributed by atoms with E-state index in [9.17, 15) is 4.79 Å². The third-order valence-electron chi connectivity index (χ3n) is 2.00. The van der Waals surface area contributed by atoms with Crippen LogP contribution in [0.2, 0.25) is 0 Å². The molecule has 0 aromatic rings. The normalized spacial score (nSPS) is 13.0. The molecule has 11 heavy (non-hydrogen) atoms. The lowest BCUT2D eigenvalue weighted by Crippen LogP contribution is -2.83. The van der Waals surface area contributed by atoms with E-state index in [4.69, 9.17) is 0 Å². The van der Waals surface area contributed by atoms with Crippen LogP contribution in [-0.2, 0) is 4.79 Å². The van der Waals surface area contributed by atoms with Crippen molar-refractivity contribution in [1.82, 2.24) is 0 Å². The van der Waals surface area contributed by atoms with Gasteiger partial charge in [0.05, 0.1) is 5.92 Å². The monoisotopic (exact) mass is 157 g/mol. The van der Waals surface area contributed by atoms with Crippen LogP contribution in [-0.4, -0.2) is 5.91 Å². The first-order valence-corrected chi connectivity index (χ1v) is 4.42. The lowest BCUT2D eigenvalue weighted by molar-refractivity contribution is -0.511. The second-order valence-electron chi connectivity index (χ2n) is 2.85. The van der Waals surface area contributed by atoms with E-state index in [2.05, 4.69) is 20.9 Å². The van der Waals surface area contributed by atoms with E-state index >= 15 is 0 Å². The molecule has 0 aromatic carbocycles. The number of hydrogen-bond acceptors (Lipinski definition) is 1. The molecular formula is C9H19NO. The lowest BCUT2D eigenvalue weighted by Gasteiger charge is -2.10. The molecule has 1 atom stereocenters. The summed E-state index contributed by atoms with van der Waals surface area (Å²) < 4.78 is 0. The van der Waals surface area contributed by atoms with Crippen molar-refractivity contribution in [2.75, 3.05) is 0 Å². The van der Waals surface area contributed by atoms with Crippen molar-refractivity contribution in [2.24, 2.45) is 5.92 Å². The first-order chi connectivity index (χ1) is 5.26. The van der Waals surface area contributed by atoms with Gasteiger partial charge in [-0.1, -0.05) is 26.7 Å². The molecule has 0 aliphatic rings. The molecule has 0 heterocycles. The number of nitrogens with two attached hydrogens (primary N) is 1. The van der Waals surface area contributed by atoms with Crippen molar-refractivity contribution in [1.29, 1.82) is 0 Å². The highest BCUT2D eigenvalue weighted by Crippen LogP contribution is 2.10. The molecule has 0 bridgehead atoms. The zero-order valence-corrected chi connectivity index (χ0v) is 7.60. The molecule has 0 aliphatic heterocycles. The Morgan fingerprint density at radius 3 is 2.55 bits per heavy atom. The Kier molecular flexibility index (Phi) is 6.13. The number of carbonyl (C=O) groups excluding carboxylic acids is 1. The number of quaternary nitrogens is 1. The number of rotatable bonds is 5. The molecule has 2 heteroatoms. The Labute approximate surface area is 69.4 Å². The SMILES string of the molecule is [CH2-][NH2+]C(=O)C(CC)CCCC. The van der Waals surface area contributed by atoms with E-state index in [-0.39, 0.29) is 11.8 Å². The largest absolute Gasteiger partial charge is 0.415 e. The summed E-state index contributed by atoms with van der Waals surface area (Å²) in [6.07, 6.45) is 4.29. The van der Waals surface area contributed by atoms with Crippen LogP contribution in [0.3, 0.4) is 0 Å². The van der Waals surface area contributed by atoms with Crippen LogP contribution in [0, 0.1) is 13.0 Å². The van der Waals surface area contributed by atoms with Crippen LogP contribution >= 0.6 is 0 Å². The minimum atomic E-state index is 0.209. The standard InChI is InChI=1S/C9H19NO/c1-4-6-7-8(5-2)9(11)10-3/h8H,3-7,10H2,1-2H3. The van der Waals surface area contributed by atoms with E-state index < -0.39 is 0 Å². The minimum Gasteiger partial charge on any atom is -0.415 e. The van der Waals surface area contributed by atoms with Gasteiger partial charge in [0, 0.05) is 0 Å². The molecule has 0 saturated carbocycles. The minimum absolute atomic E-state index is 0.209. The maximum Gasteiger partial charge on any atom is 0.287 e.